The molecule has 0 saturated heterocycles. The number of hydrogen-bond acceptors (Lipinski definition) is 3. The van der Waals surface area contributed by atoms with E-state index in [1.807, 2.05) is 0 Å². The molecular weight excluding hydrogens is 454 g/mol. The van der Waals surface area contributed by atoms with Gasteiger partial charge in [0.15, 0.2) is 0 Å². The Balaban J connectivity index is 1.88. The van der Waals surface area contributed by atoms with Crippen LogP contribution in [0.15, 0.2) is 54.6 Å². The summed E-state index contributed by atoms with van der Waals surface area (Å²) in [5, 5.41) is 13.1. The maximum absolute atomic E-state index is 12.7. The van der Waals surface area contributed by atoms with Gasteiger partial charge >= 0.3 is 12.1 Å². The summed E-state index contributed by atoms with van der Waals surface area (Å²) in [4.78, 5) is 11.7. The maximum Gasteiger partial charge on any atom is 0.416 e. The number of hydrogen-bond donors (Lipinski definition) is 2. The Labute approximate surface area is 186 Å². The zero-order chi connectivity index (χ0) is 22.8. The largest absolute Gasteiger partial charge is 0.489 e. The average Bonchev–Trinajstić information content (AvgIpc) is 2.70. The topological polar surface area (TPSA) is 58.6 Å². The van der Waals surface area contributed by atoms with Crippen LogP contribution in [0.3, 0.4) is 0 Å². The fourth-order valence-electron chi connectivity index (χ4n) is 2.88. The molecule has 0 aliphatic carbocycles. The normalized spacial score (nSPS) is 11.3. The van der Waals surface area contributed by atoms with Crippen LogP contribution in [0, 0.1) is 6.92 Å². The Kier molecular flexibility index (Phi) is 6.67. The van der Waals surface area contributed by atoms with Gasteiger partial charge in [-0.3, -0.25) is 0 Å². The number of halogens is 5. The molecular formula is C22H16Cl2F3NO3. The van der Waals surface area contributed by atoms with Gasteiger partial charge in [0.05, 0.1) is 32.5 Å². The number of carbonyl (C=O) groups is 1. The summed E-state index contributed by atoms with van der Waals surface area (Å²) in [5.41, 5.74) is 0.821. The van der Waals surface area contributed by atoms with Crippen molar-refractivity contribution in [2.45, 2.75) is 19.7 Å². The summed E-state index contributed by atoms with van der Waals surface area (Å²) in [7, 11) is 0. The summed E-state index contributed by atoms with van der Waals surface area (Å²) >= 11 is 12.4. The Hall–Kier alpha value is -2.90. The van der Waals surface area contributed by atoms with Crippen molar-refractivity contribution in [3.05, 3.63) is 86.9 Å². The standard InChI is InChI=1S/C22H16Cl2F3NO3/c1-12-18(31-11-13-5-7-14(8-6-13)22(25,26)27)10-9-15(21(29)30)19(12)28-20-16(23)3-2-4-17(20)24/h2-10,28H,11H2,1H3,(H,29,30). The van der Waals surface area contributed by atoms with Crippen LogP contribution in [0.5, 0.6) is 5.75 Å². The summed E-state index contributed by atoms with van der Waals surface area (Å²) in [6, 6.07) is 12.3. The fraction of sp³-hybridized carbons (Fsp3) is 0.136. The number of carboxylic acids is 1. The SMILES string of the molecule is Cc1c(OCc2ccc(C(F)(F)F)cc2)ccc(C(=O)O)c1Nc1c(Cl)cccc1Cl. The highest BCUT2D eigenvalue weighted by atomic mass is 35.5. The molecule has 0 radical (unpaired) electrons. The molecule has 31 heavy (non-hydrogen) atoms. The molecule has 0 atom stereocenters. The van der Waals surface area contributed by atoms with Gasteiger partial charge in [-0.25, -0.2) is 4.79 Å². The molecule has 9 heteroatoms. The van der Waals surface area contributed by atoms with Crippen LogP contribution < -0.4 is 10.1 Å². The monoisotopic (exact) mass is 469 g/mol. The van der Waals surface area contributed by atoms with E-state index in [1.165, 1.54) is 24.3 Å². The molecule has 3 aromatic carbocycles. The van der Waals surface area contributed by atoms with Crippen molar-refractivity contribution in [2.75, 3.05) is 5.32 Å². The predicted octanol–water partition coefficient (Wildman–Crippen LogP) is 7.34. The van der Waals surface area contributed by atoms with E-state index in [2.05, 4.69) is 5.32 Å². The minimum absolute atomic E-state index is 0.00230. The van der Waals surface area contributed by atoms with Crippen molar-refractivity contribution < 1.29 is 27.8 Å². The minimum Gasteiger partial charge on any atom is -0.489 e. The Bertz CT molecular complexity index is 1100. The molecule has 3 rings (SSSR count). The molecule has 0 heterocycles. The molecule has 0 aliphatic rings. The Morgan fingerprint density at radius 1 is 1.00 bits per heavy atom. The number of anilines is 2. The lowest BCUT2D eigenvalue weighted by Crippen LogP contribution is -2.08. The van der Waals surface area contributed by atoms with Crippen molar-refractivity contribution in [3.63, 3.8) is 0 Å². The summed E-state index contributed by atoms with van der Waals surface area (Å²) in [6.45, 7) is 1.65. The van der Waals surface area contributed by atoms with Crippen molar-refractivity contribution in [1.29, 1.82) is 0 Å². The fourth-order valence-corrected chi connectivity index (χ4v) is 3.37. The van der Waals surface area contributed by atoms with Crippen molar-refractivity contribution in [3.8, 4) is 5.75 Å². The molecule has 2 N–H and O–H groups in total. The van der Waals surface area contributed by atoms with Crippen LogP contribution in [-0.2, 0) is 12.8 Å². The van der Waals surface area contributed by atoms with Crippen molar-refractivity contribution >= 4 is 40.5 Å². The molecule has 0 saturated carbocycles. The molecule has 0 aromatic heterocycles. The first-order chi connectivity index (χ1) is 14.6. The van der Waals surface area contributed by atoms with Crippen LogP contribution in [-0.4, -0.2) is 11.1 Å². The summed E-state index contributed by atoms with van der Waals surface area (Å²) < 4.78 is 43.8. The van der Waals surface area contributed by atoms with E-state index in [1.54, 1.807) is 25.1 Å². The second-order valence-corrected chi connectivity index (χ2v) is 7.44. The van der Waals surface area contributed by atoms with E-state index in [0.717, 1.165) is 12.1 Å². The first-order valence-corrected chi connectivity index (χ1v) is 9.70. The van der Waals surface area contributed by atoms with Gasteiger partial charge in [-0.1, -0.05) is 41.4 Å². The molecule has 0 aliphatic heterocycles. The van der Waals surface area contributed by atoms with Crippen LogP contribution in [0.25, 0.3) is 0 Å². The van der Waals surface area contributed by atoms with Gasteiger partial charge in [0.1, 0.15) is 12.4 Å². The zero-order valence-corrected chi connectivity index (χ0v) is 17.6. The third kappa shape index (κ3) is 5.24. The third-order valence-corrected chi connectivity index (χ3v) is 5.16. The van der Waals surface area contributed by atoms with E-state index in [4.69, 9.17) is 27.9 Å². The Morgan fingerprint density at radius 3 is 2.16 bits per heavy atom. The van der Waals surface area contributed by atoms with Gasteiger partial charge in [-0.2, -0.15) is 13.2 Å². The molecule has 0 unspecified atom stereocenters. The maximum atomic E-state index is 12.7. The van der Waals surface area contributed by atoms with E-state index in [9.17, 15) is 23.1 Å². The van der Waals surface area contributed by atoms with E-state index >= 15 is 0 Å². The number of alkyl halides is 3. The molecule has 3 aromatic rings. The van der Waals surface area contributed by atoms with Gasteiger partial charge in [0.25, 0.3) is 0 Å². The van der Waals surface area contributed by atoms with Crippen molar-refractivity contribution in [2.24, 2.45) is 0 Å². The van der Waals surface area contributed by atoms with E-state index in [-0.39, 0.29) is 17.9 Å². The highest BCUT2D eigenvalue weighted by Crippen LogP contribution is 2.38. The number of benzene rings is 3. The van der Waals surface area contributed by atoms with Crippen molar-refractivity contribution in [1.82, 2.24) is 0 Å². The second-order valence-electron chi connectivity index (χ2n) is 6.62. The molecule has 162 valence electrons. The first kappa shape index (κ1) is 22.8. The quantitative estimate of drug-likeness (QED) is 0.396. The van der Waals surface area contributed by atoms with Crippen LogP contribution in [0.4, 0.5) is 24.5 Å². The van der Waals surface area contributed by atoms with Gasteiger partial charge < -0.3 is 15.2 Å². The Morgan fingerprint density at radius 2 is 1.61 bits per heavy atom. The number of carboxylic acid groups (broad SMARTS) is 1. The van der Waals surface area contributed by atoms with Gasteiger partial charge in [0.2, 0.25) is 0 Å². The molecule has 0 bridgehead atoms. The van der Waals surface area contributed by atoms with Gasteiger partial charge in [-0.05, 0) is 48.9 Å². The molecule has 0 fully saturated rings. The van der Waals surface area contributed by atoms with Gasteiger partial charge in [-0.15, -0.1) is 0 Å². The molecule has 0 amide bonds. The van der Waals surface area contributed by atoms with E-state index in [0.29, 0.717) is 32.6 Å². The highest BCUT2D eigenvalue weighted by Gasteiger charge is 2.30. The van der Waals surface area contributed by atoms with Gasteiger partial charge in [0, 0.05) is 5.56 Å². The zero-order valence-electron chi connectivity index (χ0n) is 16.1. The number of para-hydroxylation sites is 1. The average molecular weight is 470 g/mol. The number of ether oxygens (including phenoxy) is 1. The van der Waals surface area contributed by atoms with Crippen LogP contribution in [0.2, 0.25) is 10.0 Å². The lowest BCUT2D eigenvalue weighted by molar-refractivity contribution is -0.137. The lowest BCUT2D eigenvalue weighted by atomic mass is 10.1. The number of nitrogens with one attached hydrogen (secondary N) is 1. The predicted molar refractivity (Wildman–Crippen MR) is 114 cm³/mol. The highest BCUT2D eigenvalue weighted by molar-refractivity contribution is 6.39. The molecule has 0 spiro atoms. The van der Waals surface area contributed by atoms with E-state index < -0.39 is 17.7 Å². The van der Waals surface area contributed by atoms with Crippen LogP contribution in [0.1, 0.15) is 27.0 Å². The summed E-state index contributed by atoms with van der Waals surface area (Å²) in [6.07, 6.45) is -4.41. The molecule has 4 nitrogen and oxygen atoms in total. The number of aromatic carboxylic acids is 1. The smallest absolute Gasteiger partial charge is 0.416 e. The lowest BCUT2D eigenvalue weighted by Gasteiger charge is -2.18. The second kappa shape index (κ2) is 9.08. The first-order valence-electron chi connectivity index (χ1n) is 8.95. The third-order valence-electron chi connectivity index (χ3n) is 4.53. The van der Waals surface area contributed by atoms with Crippen LogP contribution >= 0.6 is 23.2 Å². The minimum atomic E-state index is -4.41. The summed E-state index contributed by atoms with van der Waals surface area (Å²) in [5.74, 6) is -0.807. The number of rotatable bonds is 6.